The van der Waals surface area contributed by atoms with E-state index in [2.05, 4.69) is 16.7 Å². The number of rotatable bonds is 4. The minimum absolute atomic E-state index is 0.136. The molecule has 20 heavy (non-hydrogen) atoms. The molecular formula is C16H17FN2O. The van der Waals surface area contributed by atoms with Gasteiger partial charge in [-0.2, -0.15) is 0 Å². The second-order valence-electron chi connectivity index (χ2n) is 4.98. The molecule has 0 amide bonds. The van der Waals surface area contributed by atoms with E-state index < -0.39 is 0 Å². The van der Waals surface area contributed by atoms with Gasteiger partial charge >= 0.3 is 0 Å². The smallest absolute Gasteiger partial charge is 0.128 e. The number of nitrogens with one attached hydrogen (secondary N) is 2. The molecule has 3 N–H and O–H groups in total. The molecule has 0 bridgehead atoms. The van der Waals surface area contributed by atoms with Crippen LogP contribution < -0.4 is 10.6 Å². The lowest BCUT2D eigenvalue weighted by Gasteiger charge is -2.12. The van der Waals surface area contributed by atoms with E-state index in [4.69, 9.17) is 5.11 Å². The Morgan fingerprint density at radius 1 is 1.20 bits per heavy atom. The monoisotopic (exact) mass is 272 g/mol. The third-order valence-corrected chi connectivity index (χ3v) is 3.66. The Morgan fingerprint density at radius 3 is 2.90 bits per heavy atom. The van der Waals surface area contributed by atoms with Gasteiger partial charge in [-0.1, -0.05) is 24.3 Å². The maximum atomic E-state index is 13.9. The fraction of sp³-hybridized carbons (Fsp3) is 0.250. The van der Waals surface area contributed by atoms with Crippen molar-refractivity contribution >= 4 is 5.69 Å². The van der Waals surface area contributed by atoms with Crippen LogP contribution in [0.3, 0.4) is 0 Å². The largest absolute Gasteiger partial charge is 0.392 e. The van der Waals surface area contributed by atoms with Gasteiger partial charge in [0.05, 0.1) is 6.61 Å². The normalized spacial score (nSPS) is 13.3. The highest BCUT2D eigenvalue weighted by atomic mass is 19.1. The lowest BCUT2D eigenvalue weighted by atomic mass is 10.1. The lowest BCUT2D eigenvalue weighted by Crippen LogP contribution is -2.05. The summed E-state index contributed by atoms with van der Waals surface area (Å²) in [6.45, 7) is 2.05. The van der Waals surface area contributed by atoms with Crippen molar-refractivity contribution in [3.05, 3.63) is 64.5 Å². The van der Waals surface area contributed by atoms with Crippen molar-refractivity contribution in [2.45, 2.75) is 26.2 Å². The SMILES string of the molecule is OCc1ccc(CNc2cccc3c2CNC3)c(F)c1. The molecule has 0 unspecified atom stereocenters. The molecule has 0 spiro atoms. The van der Waals surface area contributed by atoms with E-state index in [-0.39, 0.29) is 12.4 Å². The molecule has 0 saturated heterocycles. The van der Waals surface area contributed by atoms with E-state index in [9.17, 15) is 4.39 Å². The predicted molar refractivity (Wildman–Crippen MR) is 76.6 cm³/mol. The zero-order valence-electron chi connectivity index (χ0n) is 11.1. The van der Waals surface area contributed by atoms with Gasteiger partial charge in [0, 0.05) is 30.9 Å². The second-order valence-corrected chi connectivity index (χ2v) is 4.98. The molecule has 0 atom stereocenters. The van der Waals surface area contributed by atoms with Gasteiger partial charge in [-0.25, -0.2) is 4.39 Å². The number of aliphatic hydroxyl groups excluding tert-OH is 1. The summed E-state index contributed by atoms with van der Waals surface area (Å²) in [6, 6.07) is 11.0. The Morgan fingerprint density at radius 2 is 2.10 bits per heavy atom. The summed E-state index contributed by atoms with van der Waals surface area (Å²) in [7, 11) is 0. The molecule has 1 heterocycles. The molecule has 4 heteroatoms. The molecule has 104 valence electrons. The van der Waals surface area contributed by atoms with Crippen LogP contribution in [0.15, 0.2) is 36.4 Å². The average molecular weight is 272 g/mol. The maximum absolute atomic E-state index is 13.9. The van der Waals surface area contributed by atoms with E-state index in [1.165, 1.54) is 17.2 Å². The zero-order valence-corrected chi connectivity index (χ0v) is 11.1. The minimum Gasteiger partial charge on any atom is -0.392 e. The molecule has 0 saturated carbocycles. The third kappa shape index (κ3) is 2.53. The van der Waals surface area contributed by atoms with Crippen LogP contribution >= 0.6 is 0 Å². The van der Waals surface area contributed by atoms with Crippen LogP contribution in [-0.2, 0) is 26.2 Å². The summed E-state index contributed by atoms with van der Waals surface area (Å²) in [5.74, 6) is -0.283. The molecule has 0 aliphatic carbocycles. The fourth-order valence-corrected chi connectivity index (χ4v) is 2.52. The van der Waals surface area contributed by atoms with E-state index in [0.29, 0.717) is 17.7 Å². The maximum Gasteiger partial charge on any atom is 0.128 e. The molecule has 1 aliphatic heterocycles. The van der Waals surface area contributed by atoms with E-state index >= 15 is 0 Å². The molecule has 1 aliphatic rings. The molecule has 2 aromatic carbocycles. The van der Waals surface area contributed by atoms with Gasteiger partial charge in [-0.05, 0) is 28.8 Å². The number of benzene rings is 2. The van der Waals surface area contributed by atoms with Crippen molar-refractivity contribution in [3.8, 4) is 0 Å². The van der Waals surface area contributed by atoms with E-state index in [1.54, 1.807) is 12.1 Å². The van der Waals surface area contributed by atoms with Gasteiger partial charge in [0.2, 0.25) is 0 Å². The van der Waals surface area contributed by atoms with Gasteiger partial charge in [0.1, 0.15) is 5.82 Å². The number of halogens is 1. The van der Waals surface area contributed by atoms with Crippen LogP contribution in [-0.4, -0.2) is 5.11 Å². The van der Waals surface area contributed by atoms with Crippen LogP contribution in [0.4, 0.5) is 10.1 Å². The highest BCUT2D eigenvalue weighted by Crippen LogP contribution is 2.24. The number of anilines is 1. The number of aliphatic hydroxyl groups is 1. The summed E-state index contributed by atoms with van der Waals surface area (Å²) in [5, 5.41) is 15.6. The Balaban J connectivity index is 1.76. The standard InChI is InChI=1S/C16H17FN2O/c17-15-6-11(10-20)4-5-13(15)8-19-16-3-1-2-12-7-18-9-14(12)16/h1-6,18-20H,7-10H2. The molecule has 3 rings (SSSR count). The van der Waals surface area contributed by atoms with Crippen molar-refractivity contribution < 1.29 is 9.50 Å². The summed E-state index contributed by atoms with van der Waals surface area (Å²) >= 11 is 0. The molecular weight excluding hydrogens is 255 g/mol. The minimum atomic E-state index is -0.283. The Bertz CT molecular complexity index is 628. The van der Waals surface area contributed by atoms with Crippen LogP contribution in [0.1, 0.15) is 22.3 Å². The van der Waals surface area contributed by atoms with Gasteiger partial charge in [-0.3, -0.25) is 0 Å². The second kappa shape index (κ2) is 5.61. The Labute approximate surface area is 117 Å². The average Bonchev–Trinajstić information content (AvgIpc) is 2.95. The first-order valence-electron chi connectivity index (χ1n) is 6.71. The predicted octanol–water partition coefficient (Wildman–Crippen LogP) is 2.53. The topological polar surface area (TPSA) is 44.3 Å². The summed E-state index contributed by atoms with van der Waals surface area (Å²) in [5.41, 5.74) is 4.81. The molecule has 0 radical (unpaired) electrons. The van der Waals surface area contributed by atoms with Gasteiger partial charge in [0.15, 0.2) is 0 Å². The molecule has 2 aromatic rings. The van der Waals surface area contributed by atoms with E-state index in [0.717, 1.165) is 18.8 Å². The first kappa shape index (κ1) is 13.1. The van der Waals surface area contributed by atoms with Crippen molar-refractivity contribution in [2.75, 3.05) is 5.32 Å². The number of hydrogen-bond donors (Lipinski definition) is 3. The van der Waals surface area contributed by atoms with Crippen LogP contribution in [0, 0.1) is 5.82 Å². The Hall–Kier alpha value is -1.91. The summed E-state index contributed by atoms with van der Waals surface area (Å²) in [4.78, 5) is 0. The lowest BCUT2D eigenvalue weighted by molar-refractivity contribution is 0.281. The van der Waals surface area contributed by atoms with Gasteiger partial charge in [-0.15, -0.1) is 0 Å². The number of hydrogen-bond acceptors (Lipinski definition) is 3. The van der Waals surface area contributed by atoms with Crippen molar-refractivity contribution in [1.82, 2.24) is 5.32 Å². The van der Waals surface area contributed by atoms with Crippen LogP contribution in [0.25, 0.3) is 0 Å². The highest BCUT2D eigenvalue weighted by Gasteiger charge is 2.13. The van der Waals surface area contributed by atoms with Gasteiger partial charge < -0.3 is 15.7 Å². The van der Waals surface area contributed by atoms with Crippen molar-refractivity contribution in [2.24, 2.45) is 0 Å². The third-order valence-electron chi connectivity index (χ3n) is 3.66. The van der Waals surface area contributed by atoms with Crippen LogP contribution in [0.5, 0.6) is 0 Å². The highest BCUT2D eigenvalue weighted by molar-refractivity contribution is 5.56. The summed E-state index contributed by atoms with van der Waals surface area (Å²) in [6.07, 6.45) is 0. The quantitative estimate of drug-likeness (QED) is 0.801. The number of fused-ring (bicyclic) bond motifs is 1. The zero-order chi connectivity index (χ0) is 13.9. The molecule has 0 fully saturated rings. The van der Waals surface area contributed by atoms with E-state index in [1.807, 2.05) is 12.1 Å². The van der Waals surface area contributed by atoms with Gasteiger partial charge in [0.25, 0.3) is 0 Å². The Kier molecular flexibility index (Phi) is 3.67. The van der Waals surface area contributed by atoms with Crippen LogP contribution in [0.2, 0.25) is 0 Å². The molecule has 0 aromatic heterocycles. The first-order valence-corrected chi connectivity index (χ1v) is 6.71. The first-order chi connectivity index (χ1) is 9.78. The fourth-order valence-electron chi connectivity index (χ4n) is 2.52. The van der Waals surface area contributed by atoms with Crippen molar-refractivity contribution in [3.63, 3.8) is 0 Å². The van der Waals surface area contributed by atoms with Crippen molar-refractivity contribution in [1.29, 1.82) is 0 Å². The summed E-state index contributed by atoms with van der Waals surface area (Å²) < 4.78 is 13.9. The molecule has 3 nitrogen and oxygen atoms in total.